The maximum absolute atomic E-state index is 12.3. The lowest BCUT2D eigenvalue weighted by Gasteiger charge is -2.27. The fourth-order valence-electron chi connectivity index (χ4n) is 2.39. The molecule has 0 aliphatic carbocycles. The summed E-state index contributed by atoms with van der Waals surface area (Å²) in [5, 5.41) is 14.9. The van der Waals surface area contributed by atoms with Crippen molar-refractivity contribution >= 4 is 5.91 Å². The van der Waals surface area contributed by atoms with Gasteiger partial charge in [0.05, 0.1) is 0 Å². The average Bonchev–Trinajstić information content (AvgIpc) is 2.96. The molecule has 1 fully saturated rings. The molecule has 0 unspecified atom stereocenters. The molecule has 0 saturated carbocycles. The quantitative estimate of drug-likeness (QED) is 0.835. The molecule has 0 radical (unpaired) electrons. The van der Waals surface area contributed by atoms with Crippen LogP contribution in [-0.4, -0.2) is 57.2 Å². The van der Waals surface area contributed by atoms with Gasteiger partial charge in [-0.15, -0.1) is 5.10 Å². The number of nitrogens with one attached hydrogen (secondary N) is 1. The molecule has 1 aromatic carbocycles. The molecule has 1 saturated heterocycles. The van der Waals surface area contributed by atoms with E-state index in [4.69, 9.17) is 0 Å². The van der Waals surface area contributed by atoms with Crippen LogP contribution in [0.1, 0.15) is 11.4 Å². The summed E-state index contributed by atoms with van der Waals surface area (Å²) >= 11 is 0. The highest BCUT2D eigenvalue weighted by molar-refractivity contribution is 5.76. The second-order valence-electron chi connectivity index (χ2n) is 5.05. The van der Waals surface area contributed by atoms with Crippen molar-refractivity contribution in [2.75, 3.05) is 26.2 Å². The van der Waals surface area contributed by atoms with E-state index in [2.05, 4.69) is 20.8 Å². The van der Waals surface area contributed by atoms with Crippen molar-refractivity contribution < 1.29 is 4.79 Å². The third-order valence-electron chi connectivity index (χ3n) is 3.57. The monoisotopic (exact) mass is 286 g/mol. The molecule has 21 heavy (non-hydrogen) atoms. The van der Waals surface area contributed by atoms with Crippen molar-refractivity contribution in [3.05, 3.63) is 41.7 Å². The first-order valence-corrected chi connectivity index (χ1v) is 7.10. The third-order valence-corrected chi connectivity index (χ3v) is 3.57. The fraction of sp³-hybridized carbons (Fsp3) is 0.429. The van der Waals surface area contributed by atoms with Crippen molar-refractivity contribution in [3.63, 3.8) is 0 Å². The predicted molar refractivity (Wildman–Crippen MR) is 76.5 cm³/mol. The Morgan fingerprint density at radius 3 is 2.71 bits per heavy atom. The summed E-state index contributed by atoms with van der Waals surface area (Å²) in [6.07, 6.45) is 0.628. The number of aromatic nitrogens is 4. The van der Waals surface area contributed by atoms with Gasteiger partial charge in [-0.25, -0.2) is 4.68 Å². The number of piperazine rings is 1. The van der Waals surface area contributed by atoms with E-state index in [1.807, 2.05) is 35.2 Å². The Kier molecular flexibility index (Phi) is 4.20. The van der Waals surface area contributed by atoms with Crippen molar-refractivity contribution in [1.82, 2.24) is 30.4 Å². The smallest absolute Gasteiger partial charge is 0.244 e. The molecule has 1 amide bonds. The molecule has 2 aromatic rings. The molecule has 1 N–H and O–H groups in total. The minimum absolute atomic E-state index is 0.0677. The zero-order valence-electron chi connectivity index (χ0n) is 11.8. The van der Waals surface area contributed by atoms with Crippen molar-refractivity contribution in [2.45, 2.75) is 13.0 Å². The van der Waals surface area contributed by atoms with Gasteiger partial charge in [-0.05, 0) is 16.0 Å². The number of hydrogen-bond donors (Lipinski definition) is 1. The van der Waals surface area contributed by atoms with Crippen LogP contribution in [0.25, 0.3) is 0 Å². The number of hydrogen-bond acceptors (Lipinski definition) is 5. The van der Waals surface area contributed by atoms with E-state index in [1.54, 1.807) is 4.68 Å². The van der Waals surface area contributed by atoms with Gasteiger partial charge in [0.25, 0.3) is 0 Å². The topological polar surface area (TPSA) is 75.9 Å². The van der Waals surface area contributed by atoms with Crippen LogP contribution < -0.4 is 5.32 Å². The summed E-state index contributed by atoms with van der Waals surface area (Å²) in [5.41, 5.74) is 1.13. The van der Waals surface area contributed by atoms with Gasteiger partial charge < -0.3 is 10.2 Å². The van der Waals surface area contributed by atoms with E-state index in [1.165, 1.54) is 0 Å². The number of carbonyl (C=O) groups excluding carboxylic acids is 1. The van der Waals surface area contributed by atoms with Gasteiger partial charge in [0.1, 0.15) is 6.54 Å². The second-order valence-corrected chi connectivity index (χ2v) is 5.05. The molecule has 1 aromatic heterocycles. The van der Waals surface area contributed by atoms with Gasteiger partial charge in [-0.2, -0.15) is 0 Å². The van der Waals surface area contributed by atoms with E-state index < -0.39 is 0 Å². The van der Waals surface area contributed by atoms with Crippen molar-refractivity contribution in [3.8, 4) is 0 Å². The van der Waals surface area contributed by atoms with E-state index in [0.717, 1.165) is 31.7 Å². The number of rotatable bonds is 4. The number of tetrazole rings is 1. The molecule has 3 rings (SSSR count). The molecule has 1 aliphatic rings. The van der Waals surface area contributed by atoms with Crippen LogP contribution in [0.4, 0.5) is 0 Å². The SMILES string of the molecule is O=C(Cn1nnnc1Cc1ccccc1)N1CCNCC1. The zero-order chi connectivity index (χ0) is 14.5. The fourth-order valence-corrected chi connectivity index (χ4v) is 2.39. The first kappa shape index (κ1) is 13.7. The minimum Gasteiger partial charge on any atom is -0.339 e. The molecule has 110 valence electrons. The van der Waals surface area contributed by atoms with Gasteiger partial charge in [0, 0.05) is 32.6 Å². The van der Waals surface area contributed by atoms with Gasteiger partial charge >= 0.3 is 0 Å². The van der Waals surface area contributed by atoms with Gasteiger partial charge in [-0.1, -0.05) is 30.3 Å². The summed E-state index contributed by atoms with van der Waals surface area (Å²) in [7, 11) is 0. The van der Waals surface area contributed by atoms with Crippen LogP contribution >= 0.6 is 0 Å². The third kappa shape index (κ3) is 3.43. The van der Waals surface area contributed by atoms with Crippen LogP contribution in [-0.2, 0) is 17.8 Å². The van der Waals surface area contributed by atoms with Gasteiger partial charge in [-0.3, -0.25) is 4.79 Å². The number of carbonyl (C=O) groups is 1. The Labute approximate surface area is 122 Å². The lowest BCUT2D eigenvalue weighted by Crippen LogP contribution is -2.47. The lowest BCUT2D eigenvalue weighted by atomic mass is 10.1. The summed E-state index contributed by atoms with van der Waals surface area (Å²) in [6.45, 7) is 3.38. The second kappa shape index (κ2) is 6.45. The first-order valence-electron chi connectivity index (χ1n) is 7.10. The van der Waals surface area contributed by atoms with Crippen LogP contribution in [0.2, 0.25) is 0 Å². The van der Waals surface area contributed by atoms with E-state index in [0.29, 0.717) is 12.2 Å². The predicted octanol–water partition coefficient (Wildman–Crippen LogP) is -0.304. The van der Waals surface area contributed by atoms with E-state index >= 15 is 0 Å². The summed E-state index contributed by atoms with van der Waals surface area (Å²) in [4.78, 5) is 14.1. The average molecular weight is 286 g/mol. The summed E-state index contributed by atoms with van der Waals surface area (Å²) < 4.78 is 1.59. The van der Waals surface area contributed by atoms with Crippen LogP contribution in [0, 0.1) is 0 Å². The Hall–Kier alpha value is -2.28. The van der Waals surface area contributed by atoms with Crippen molar-refractivity contribution in [2.24, 2.45) is 0 Å². The number of amides is 1. The van der Waals surface area contributed by atoms with Gasteiger partial charge in [0.15, 0.2) is 5.82 Å². The largest absolute Gasteiger partial charge is 0.339 e. The van der Waals surface area contributed by atoms with Crippen LogP contribution in [0.3, 0.4) is 0 Å². The highest BCUT2D eigenvalue weighted by atomic mass is 16.2. The Balaban J connectivity index is 1.66. The highest BCUT2D eigenvalue weighted by Gasteiger charge is 2.18. The number of benzene rings is 1. The highest BCUT2D eigenvalue weighted by Crippen LogP contribution is 2.06. The van der Waals surface area contributed by atoms with E-state index in [-0.39, 0.29) is 12.5 Å². The maximum atomic E-state index is 12.3. The molecule has 1 aliphatic heterocycles. The zero-order valence-corrected chi connectivity index (χ0v) is 11.8. The van der Waals surface area contributed by atoms with Crippen molar-refractivity contribution in [1.29, 1.82) is 0 Å². The van der Waals surface area contributed by atoms with Crippen LogP contribution in [0.15, 0.2) is 30.3 Å². The molecular formula is C14H18N6O. The lowest BCUT2D eigenvalue weighted by molar-refractivity contribution is -0.132. The van der Waals surface area contributed by atoms with Gasteiger partial charge in [0.2, 0.25) is 5.91 Å². The molecule has 7 nitrogen and oxygen atoms in total. The maximum Gasteiger partial charge on any atom is 0.244 e. The van der Waals surface area contributed by atoms with Crippen LogP contribution in [0.5, 0.6) is 0 Å². The Morgan fingerprint density at radius 1 is 1.19 bits per heavy atom. The first-order chi connectivity index (χ1) is 10.3. The molecule has 0 bridgehead atoms. The Bertz CT molecular complexity index is 591. The standard InChI is InChI=1S/C14H18N6O/c21-14(19-8-6-15-7-9-19)11-20-13(16-17-18-20)10-12-4-2-1-3-5-12/h1-5,15H,6-11H2. The Morgan fingerprint density at radius 2 is 1.95 bits per heavy atom. The summed E-state index contributed by atoms with van der Waals surface area (Å²) in [5.74, 6) is 0.780. The number of nitrogens with zero attached hydrogens (tertiary/aromatic N) is 5. The molecular weight excluding hydrogens is 268 g/mol. The molecule has 2 heterocycles. The molecule has 0 atom stereocenters. The summed E-state index contributed by atoms with van der Waals surface area (Å²) in [6, 6.07) is 9.99. The minimum atomic E-state index is 0.0677. The van der Waals surface area contributed by atoms with E-state index in [9.17, 15) is 4.79 Å². The molecule has 7 heteroatoms. The normalized spacial score (nSPS) is 15.1. The molecule has 0 spiro atoms.